The molecule has 1 N–H and O–H groups in total. The summed E-state index contributed by atoms with van der Waals surface area (Å²) in [6, 6.07) is 11.1. The topological polar surface area (TPSA) is 12.0 Å². The minimum absolute atomic E-state index is 0.524. The van der Waals surface area contributed by atoms with Crippen LogP contribution in [0.2, 0.25) is 0 Å². The predicted molar refractivity (Wildman–Crippen MR) is 50.7 cm³/mol. The minimum atomic E-state index is 0.524. The van der Waals surface area contributed by atoms with E-state index in [1.165, 1.54) is 18.4 Å². The fraction of sp³-hybridized carbons (Fsp3) is 0.273. The average Bonchev–Trinajstić information content (AvgIpc) is 2.21. The second-order valence-electron chi connectivity index (χ2n) is 3.11. The van der Waals surface area contributed by atoms with Crippen molar-refractivity contribution < 1.29 is 0 Å². The van der Waals surface area contributed by atoms with Crippen LogP contribution >= 0.6 is 0 Å². The third-order valence-corrected chi connectivity index (χ3v) is 2.24. The van der Waals surface area contributed by atoms with Crippen molar-refractivity contribution >= 4 is 0 Å². The van der Waals surface area contributed by atoms with Gasteiger partial charge in [0, 0.05) is 0 Å². The molecule has 1 aromatic rings. The summed E-state index contributed by atoms with van der Waals surface area (Å²) in [5.41, 5.74) is 1.39. The monoisotopic (exact) mass is 159 g/mol. The summed E-state index contributed by atoms with van der Waals surface area (Å²) in [5.74, 6) is 0. The Balaban J connectivity index is 2.15. The van der Waals surface area contributed by atoms with Crippen molar-refractivity contribution in [3.63, 3.8) is 0 Å². The van der Waals surface area contributed by atoms with Crippen LogP contribution in [-0.2, 0) is 0 Å². The maximum atomic E-state index is 3.35. The Morgan fingerprint density at radius 3 is 2.67 bits per heavy atom. The van der Waals surface area contributed by atoms with Crippen molar-refractivity contribution in [2.75, 3.05) is 0 Å². The van der Waals surface area contributed by atoms with Gasteiger partial charge < -0.3 is 5.32 Å². The van der Waals surface area contributed by atoms with Gasteiger partial charge in [-0.2, -0.15) is 0 Å². The van der Waals surface area contributed by atoms with Crippen molar-refractivity contribution in [3.05, 3.63) is 48.2 Å². The minimum Gasteiger partial charge on any atom is -0.384 e. The SMILES string of the molecule is C1=CNC(c2ccccc2)CC1. The zero-order valence-corrected chi connectivity index (χ0v) is 7.03. The van der Waals surface area contributed by atoms with Crippen LogP contribution in [0.5, 0.6) is 0 Å². The maximum Gasteiger partial charge on any atom is 0.0511 e. The fourth-order valence-corrected chi connectivity index (χ4v) is 1.56. The molecular formula is C11H13N. The summed E-state index contributed by atoms with van der Waals surface area (Å²) >= 11 is 0. The van der Waals surface area contributed by atoms with Gasteiger partial charge in [0.2, 0.25) is 0 Å². The molecule has 0 saturated carbocycles. The first kappa shape index (κ1) is 7.41. The lowest BCUT2D eigenvalue weighted by Crippen LogP contribution is -2.17. The van der Waals surface area contributed by atoms with Crippen molar-refractivity contribution in [2.45, 2.75) is 18.9 Å². The highest BCUT2D eigenvalue weighted by molar-refractivity contribution is 5.20. The van der Waals surface area contributed by atoms with Crippen LogP contribution in [0.4, 0.5) is 0 Å². The standard InChI is InChI=1S/C11H13N/c1-2-6-10(7-3-1)11-8-4-5-9-12-11/h1-3,5-7,9,11-12H,4,8H2. The molecule has 1 aliphatic rings. The Kier molecular flexibility index (Phi) is 2.12. The van der Waals surface area contributed by atoms with E-state index in [0.717, 1.165) is 0 Å². The van der Waals surface area contributed by atoms with Gasteiger partial charge in [-0.3, -0.25) is 0 Å². The maximum absolute atomic E-state index is 3.35. The molecule has 1 heterocycles. The van der Waals surface area contributed by atoms with E-state index < -0.39 is 0 Å². The Labute approximate surface area is 73.1 Å². The lowest BCUT2D eigenvalue weighted by molar-refractivity contribution is 0.553. The second kappa shape index (κ2) is 3.44. The van der Waals surface area contributed by atoms with Gasteiger partial charge in [0.05, 0.1) is 6.04 Å². The van der Waals surface area contributed by atoms with Crippen LogP contribution in [0.25, 0.3) is 0 Å². The smallest absolute Gasteiger partial charge is 0.0511 e. The van der Waals surface area contributed by atoms with Gasteiger partial charge in [0.1, 0.15) is 0 Å². The highest BCUT2D eigenvalue weighted by Gasteiger charge is 2.09. The molecule has 0 bridgehead atoms. The number of rotatable bonds is 1. The first-order chi connectivity index (χ1) is 5.97. The molecule has 62 valence electrons. The van der Waals surface area contributed by atoms with Gasteiger partial charge in [0.15, 0.2) is 0 Å². The van der Waals surface area contributed by atoms with Gasteiger partial charge in [-0.1, -0.05) is 36.4 Å². The summed E-state index contributed by atoms with van der Waals surface area (Å²) in [4.78, 5) is 0. The Morgan fingerprint density at radius 1 is 1.17 bits per heavy atom. The van der Waals surface area contributed by atoms with Crippen LogP contribution in [0.1, 0.15) is 24.4 Å². The second-order valence-corrected chi connectivity index (χ2v) is 3.11. The van der Waals surface area contributed by atoms with Crippen LogP contribution in [-0.4, -0.2) is 0 Å². The summed E-state index contributed by atoms with van der Waals surface area (Å²) < 4.78 is 0. The van der Waals surface area contributed by atoms with E-state index in [-0.39, 0.29) is 0 Å². The number of benzene rings is 1. The molecule has 1 nitrogen and oxygen atoms in total. The van der Waals surface area contributed by atoms with E-state index in [0.29, 0.717) is 6.04 Å². The molecule has 1 unspecified atom stereocenters. The van der Waals surface area contributed by atoms with E-state index in [2.05, 4.69) is 47.9 Å². The normalized spacial score (nSPS) is 21.8. The van der Waals surface area contributed by atoms with Crippen molar-refractivity contribution in [1.29, 1.82) is 0 Å². The van der Waals surface area contributed by atoms with Crippen LogP contribution in [0.15, 0.2) is 42.6 Å². The first-order valence-electron chi connectivity index (χ1n) is 4.43. The zero-order chi connectivity index (χ0) is 8.23. The highest BCUT2D eigenvalue weighted by atomic mass is 14.9. The predicted octanol–water partition coefficient (Wildman–Crippen LogP) is 2.62. The molecule has 1 heteroatoms. The third kappa shape index (κ3) is 1.50. The quantitative estimate of drug-likeness (QED) is 0.664. The van der Waals surface area contributed by atoms with Gasteiger partial charge in [-0.05, 0) is 24.6 Å². The van der Waals surface area contributed by atoms with Crippen LogP contribution < -0.4 is 5.32 Å². The van der Waals surface area contributed by atoms with Crippen LogP contribution in [0, 0.1) is 0 Å². The van der Waals surface area contributed by atoms with E-state index >= 15 is 0 Å². The van der Waals surface area contributed by atoms with E-state index in [4.69, 9.17) is 0 Å². The Morgan fingerprint density at radius 2 is 2.00 bits per heavy atom. The Hall–Kier alpha value is -1.24. The molecule has 0 saturated heterocycles. The Bertz CT molecular complexity index is 264. The van der Waals surface area contributed by atoms with E-state index in [9.17, 15) is 0 Å². The molecule has 0 amide bonds. The zero-order valence-electron chi connectivity index (χ0n) is 7.03. The molecular weight excluding hydrogens is 146 g/mol. The molecule has 0 fully saturated rings. The molecule has 12 heavy (non-hydrogen) atoms. The average molecular weight is 159 g/mol. The first-order valence-corrected chi connectivity index (χ1v) is 4.43. The summed E-state index contributed by atoms with van der Waals surface area (Å²) in [6.07, 6.45) is 6.63. The number of hydrogen-bond acceptors (Lipinski definition) is 1. The van der Waals surface area contributed by atoms with Crippen molar-refractivity contribution in [2.24, 2.45) is 0 Å². The molecule has 0 radical (unpaired) electrons. The van der Waals surface area contributed by atoms with Crippen molar-refractivity contribution in [3.8, 4) is 0 Å². The van der Waals surface area contributed by atoms with Gasteiger partial charge in [0.25, 0.3) is 0 Å². The van der Waals surface area contributed by atoms with Gasteiger partial charge in [-0.15, -0.1) is 0 Å². The molecule has 1 aliphatic heterocycles. The summed E-state index contributed by atoms with van der Waals surface area (Å²) in [6.45, 7) is 0. The van der Waals surface area contributed by atoms with Gasteiger partial charge in [-0.25, -0.2) is 0 Å². The lowest BCUT2D eigenvalue weighted by atomic mass is 10.0. The molecule has 2 rings (SSSR count). The van der Waals surface area contributed by atoms with Crippen molar-refractivity contribution in [1.82, 2.24) is 5.32 Å². The van der Waals surface area contributed by atoms with Gasteiger partial charge >= 0.3 is 0 Å². The van der Waals surface area contributed by atoms with E-state index in [1.807, 2.05) is 0 Å². The van der Waals surface area contributed by atoms with Crippen LogP contribution in [0.3, 0.4) is 0 Å². The lowest BCUT2D eigenvalue weighted by Gasteiger charge is -2.20. The number of allylic oxidation sites excluding steroid dienone is 1. The summed E-state index contributed by atoms with van der Waals surface area (Å²) in [5, 5.41) is 3.35. The van der Waals surface area contributed by atoms with E-state index in [1.54, 1.807) is 0 Å². The molecule has 1 atom stereocenters. The fourth-order valence-electron chi connectivity index (χ4n) is 1.56. The number of nitrogens with one attached hydrogen (secondary N) is 1. The third-order valence-electron chi connectivity index (χ3n) is 2.24. The summed E-state index contributed by atoms with van der Waals surface area (Å²) in [7, 11) is 0. The number of hydrogen-bond donors (Lipinski definition) is 1. The largest absolute Gasteiger partial charge is 0.384 e. The molecule has 0 spiro atoms. The molecule has 1 aromatic carbocycles. The highest BCUT2D eigenvalue weighted by Crippen LogP contribution is 2.20. The molecule has 0 aromatic heterocycles. The molecule has 0 aliphatic carbocycles.